The third-order valence-corrected chi connectivity index (χ3v) is 6.41. The number of rotatable bonds is 9. The minimum absolute atomic E-state index is 0.0112. The first kappa shape index (κ1) is 22.3. The topological polar surface area (TPSA) is 66.8 Å². The summed E-state index contributed by atoms with van der Waals surface area (Å²) >= 11 is 0. The molecule has 0 heterocycles. The lowest BCUT2D eigenvalue weighted by Gasteiger charge is -2.19. The molecule has 30 heavy (non-hydrogen) atoms. The number of carbonyl (C=O) groups excluding carboxylic acids is 2. The Labute approximate surface area is 179 Å². The van der Waals surface area contributed by atoms with E-state index in [1.807, 2.05) is 30.3 Å². The molecule has 1 fully saturated rings. The van der Waals surface area contributed by atoms with Crippen molar-refractivity contribution < 1.29 is 19.4 Å². The van der Waals surface area contributed by atoms with Crippen molar-refractivity contribution >= 4 is 17.8 Å². The van der Waals surface area contributed by atoms with Crippen LogP contribution >= 0.6 is 0 Å². The van der Waals surface area contributed by atoms with E-state index in [9.17, 15) is 14.7 Å². The molecule has 5 heteroatoms. The van der Waals surface area contributed by atoms with Crippen molar-refractivity contribution in [3.05, 3.63) is 47.6 Å². The number of aliphatic hydroxyl groups is 1. The maximum Gasteiger partial charge on any atom is 0.222 e. The molecular weight excluding hydrogens is 378 g/mol. The summed E-state index contributed by atoms with van der Waals surface area (Å²) in [4.78, 5) is 26.2. The van der Waals surface area contributed by atoms with E-state index in [4.69, 9.17) is 4.74 Å². The predicted octanol–water partition coefficient (Wildman–Crippen LogP) is 3.87. The van der Waals surface area contributed by atoms with E-state index in [0.29, 0.717) is 18.8 Å². The third-order valence-electron chi connectivity index (χ3n) is 6.41. The quantitative estimate of drug-likeness (QED) is 0.381. The molecule has 0 aromatic heterocycles. The van der Waals surface area contributed by atoms with Crippen LogP contribution in [0.4, 0.5) is 0 Å². The number of hydrogen-bond donors (Lipinski definition) is 1. The molecule has 162 valence electrons. The second-order valence-corrected chi connectivity index (χ2v) is 8.69. The fraction of sp³-hybridized carbons (Fsp3) is 0.520. The van der Waals surface area contributed by atoms with Gasteiger partial charge in [0.25, 0.3) is 0 Å². The number of unbranched alkanes of at least 4 members (excludes halogenated alkanes) is 1. The summed E-state index contributed by atoms with van der Waals surface area (Å²) in [6.45, 7) is 0. The van der Waals surface area contributed by atoms with Crippen molar-refractivity contribution in [2.24, 2.45) is 17.8 Å². The van der Waals surface area contributed by atoms with E-state index >= 15 is 0 Å². The zero-order chi connectivity index (χ0) is 21.7. The van der Waals surface area contributed by atoms with Gasteiger partial charge >= 0.3 is 0 Å². The van der Waals surface area contributed by atoms with E-state index in [2.05, 4.69) is 6.08 Å². The summed E-state index contributed by atoms with van der Waals surface area (Å²) < 4.78 is 5.16. The molecule has 1 saturated carbocycles. The van der Waals surface area contributed by atoms with Gasteiger partial charge in [0, 0.05) is 20.5 Å². The summed E-state index contributed by atoms with van der Waals surface area (Å²) in [5, 5.41) is 10.5. The second-order valence-electron chi connectivity index (χ2n) is 8.69. The first-order valence-electron chi connectivity index (χ1n) is 10.8. The Morgan fingerprint density at radius 3 is 2.60 bits per heavy atom. The van der Waals surface area contributed by atoms with E-state index in [1.54, 1.807) is 32.2 Å². The van der Waals surface area contributed by atoms with Crippen LogP contribution in [-0.2, 0) is 9.59 Å². The van der Waals surface area contributed by atoms with Crippen LogP contribution in [0.1, 0.15) is 44.1 Å². The third kappa shape index (κ3) is 5.39. The van der Waals surface area contributed by atoms with Crippen LogP contribution in [0.2, 0.25) is 0 Å². The molecule has 3 rings (SSSR count). The van der Waals surface area contributed by atoms with Gasteiger partial charge in [-0.2, -0.15) is 0 Å². The smallest absolute Gasteiger partial charge is 0.222 e. The summed E-state index contributed by atoms with van der Waals surface area (Å²) in [6, 6.07) is 7.55. The lowest BCUT2D eigenvalue weighted by atomic mass is 9.86. The number of hydrogen-bond acceptors (Lipinski definition) is 4. The average molecular weight is 412 g/mol. The van der Waals surface area contributed by atoms with Crippen LogP contribution in [0.25, 0.3) is 6.08 Å². The Bertz CT molecular complexity index is 809. The number of aliphatic hydroxyl groups excluding tert-OH is 1. The number of ether oxygens (including phenoxy) is 1. The predicted molar refractivity (Wildman–Crippen MR) is 118 cm³/mol. The summed E-state index contributed by atoms with van der Waals surface area (Å²) in [7, 11) is 5.20. The number of carbonyl (C=O) groups is 2. The zero-order valence-corrected chi connectivity index (χ0v) is 18.2. The monoisotopic (exact) mass is 411 g/mol. The lowest BCUT2D eigenvalue weighted by Crippen LogP contribution is -2.27. The average Bonchev–Trinajstić information content (AvgIpc) is 3.25. The van der Waals surface area contributed by atoms with Crippen LogP contribution in [0.3, 0.4) is 0 Å². The summed E-state index contributed by atoms with van der Waals surface area (Å²) in [5.41, 5.74) is 2.32. The SMILES string of the molecule is COc1ccc(C=CC(=O)[C@@H]2[C@H]3CC(CCCCC(=O)N(C)C)=C[C@H]3C[C@H]2O)cc1. The van der Waals surface area contributed by atoms with E-state index in [1.165, 1.54) is 5.57 Å². The molecule has 2 aliphatic carbocycles. The molecule has 0 saturated heterocycles. The molecule has 4 atom stereocenters. The highest BCUT2D eigenvalue weighted by molar-refractivity contribution is 5.96. The van der Waals surface area contributed by atoms with E-state index < -0.39 is 6.10 Å². The van der Waals surface area contributed by atoms with Crippen molar-refractivity contribution in [3.8, 4) is 5.75 Å². The van der Waals surface area contributed by atoms with Gasteiger partial charge in [-0.05, 0) is 67.7 Å². The molecule has 0 bridgehead atoms. The largest absolute Gasteiger partial charge is 0.497 e. The molecule has 1 amide bonds. The Kier molecular flexibility index (Phi) is 7.48. The second kappa shape index (κ2) is 10.1. The summed E-state index contributed by atoms with van der Waals surface area (Å²) in [6.07, 6.45) is 10.1. The normalized spacial score (nSPS) is 25.3. The number of fused-ring (bicyclic) bond motifs is 1. The number of benzene rings is 1. The standard InChI is InChI=1S/C25H33NO4/c1-26(2)24(29)7-5-4-6-18-14-19-16-23(28)25(21(19)15-18)22(27)13-10-17-8-11-20(30-3)12-9-17/h8-14,19,21,23,25,28H,4-7,15-16H2,1-3H3/t19-,21-,23+,25-/m0/s1. The number of allylic oxidation sites excluding steroid dienone is 3. The highest BCUT2D eigenvalue weighted by Crippen LogP contribution is 2.48. The first-order chi connectivity index (χ1) is 14.4. The molecular formula is C25H33NO4. The van der Waals surface area contributed by atoms with Crippen molar-refractivity contribution in [1.82, 2.24) is 4.90 Å². The van der Waals surface area contributed by atoms with Crippen LogP contribution in [0.15, 0.2) is 42.0 Å². The Balaban J connectivity index is 1.52. The van der Waals surface area contributed by atoms with Gasteiger partial charge in [0.15, 0.2) is 5.78 Å². The molecule has 1 aromatic carbocycles. The molecule has 1 N–H and O–H groups in total. The maximum absolute atomic E-state index is 12.9. The van der Waals surface area contributed by atoms with Gasteiger partial charge in [-0.25, -0.2) is 0 Å². The highest BCUT2D eigenvalue weighted by atomic mass is 16.5. The molecule has 2 aliphatic rings. The van der Waals surface area contributed by atoms with Crippen LogP contribution in [0.5, 0.6) is 5.75 Å². The molecule has 5 nitrogen and oxygen atoms in total. The van der Waals surface area contributed by atoms with Gasteiger partial charge in [-0.15, -0.1) is 0 Å². The number of ketones is 1. The molecule has 0 aliphatic heterocycles. The first-order valence-corrected chi connectivity index (χ1v) is 10.8. The van der Waals surface area contributed by atoms with Crippen LogP contribution in [0, 0.1) is 17.8 Å². The molecule has 0 spiro atoms. The Morgan fingerprint density at radius 1 is 1.20 bits per heavy atom. The molecule has 0 unspecified atom stereocenters. The molecule has 0 radical (unpaired) electrons. The number of methoxy groups -OCH3 is 1. The van der Waals surface area contributed by atoms with Crippen molar-refractivity contribution in [2.45, 2.75) is 44.6 Å². The van der Waals surface area contributed by atoms with Crippen molar-refractivity contribution in [2.75, 3.05) is 21.2 Å². The van der Waals surface area contributed by atoms with Crippen LogP contribution < -0.4 is 4.74 Å². The number of nitrogens with zero attached hydrogens (tertiary/aromatic N) is 1. The molecule has 1 aromatic rings. The van der Waals surface area contributed by atoms with Gasteiger partial charge in [0.1, 0.15) is 5.75 Å². The Morgan fingerprint density at radius 2 is 1.93 bits per heavy atom. The van der Waals surface area contributed by atoms with Gasteiger partial charge < -0.3 is 14.7 Å². The lowest BCUT2D eigenvalue weighted by molar-refractivity contribution is -0.128. The summed E-state index contributed by atoms with van der Waals surface area (Å²) in [5.74, 6) is 1.13. The maximum atomic E-state index is 12.9. The van der Waals surface area contributed by atoms with Crippen molar-refractivity contribution in [3.63, 3.8) is 0 Å². The van der Waals surface area contributed by atoms with Crippen molar-refractivity contribution in [1.29, 1.82) is 0 Å². The van der Waals surface area contributed by atoms with Gasteiger partial charge in [0.05, 0.1) is 19.1 Å². The van der Waals surface area contributed by atoms with Gasteiger partial charge in [0.2, 0.25) is 5.91 Å². The minimum Gasteiger partial charge on any atom is -0.497 e. The van der Waals surface area contributed by atoms with Gasteiger partial charge in [-0.3, -0.25) is 9.59 Å². The van der Waals surface area contributed by atoms with E-state index in [0.717, 1.165) is 37.0 Å². The fourth-order valence-corrected chi connectivity index (χ4v) is 4.74. The Hall–Kier alpha value is -2.40. The minimum atomic E-state index is -0.566. The number of amides is 1. The van der Waals surface area contributed by atoms with Gasteiger partial charge in [-0.1, -0.05) is 29.9 Å². The van der Waals surface area contributed by atoms with E-state index in [-0.39, 0.29) is 23.5 Å². The van der Waals surface area contributed by atoms with Crippen LogP contribution in [-0.4, -0.2) is 49.0 Å². The zero-order valence-electron chi connectivity index (χ0n) is 18.2. The fourth-order valence-electron chi connectivity index (χ4n) is 4.74. The highest BCUT2D eigenvalue weighted by Gasteiger charge is 2.47.